The highest BCUT2D eigenvalue weighted by Gasteiger charge is 2.25. The quantitative estimate of drug-likeness (QED) is 0.627. The van der Waals surface area contributed by atoms with Crippen molar-refractivity contribution in [2.75, 3.05) is 6.61 Å². The molecule has 0 fully saturated rings. The molecule has 0 bridgehead atoms. The van der Waals surface area contributed by atoms with Crippen LogP contribution >= 0.6 is 11.6 Å². The lowest BCUT2D eigenvalue weighted by Gasteiger charge is -2.24. The highest BCUT2D eigenvalue weighted by Crippen LogP contribution is 2.21. The molecule has 1 rings (SSSR count). The molecule has 0 radical (unpaired) electrons. The smallest absolute Gasteiger partial charge is 0.313 e. The van der Waals surface area contributed by atoms with Gasteiger partial charge in [0.05, 0.1) is 34.3 Å². The fraction of sp³-hybridized carbons (Fsp3) is 0.550. The predicted octanol–water partition coefficient (Wildman–Crippen LogP) is 4.36. The molecule has 1 N–H and O–H groups in total. The van der Waals surface area contributed by atoms with Gasteiger partial charge in [-0.05, 0) is 46.1 Å². The van der Waals surface area contributed by atoms with Gasteiger partial charge >= 0.3 is 5.97 Å². The Labute approximate surface area is 164 Å². The average molecular weight is 400 g/mol. The van der Waals surface area contributed by atoms with Crippen LogP contribution in [0, 0.1) is 5.92 Å². The van der Waals surface area contributed by atoms with Crippen LogP contribution in [0.1, 0.15) is 46.6 Å². The molecule has 1 unspecified atom stereocenters. The summed E-state index contributed by atoms with van der Waals surface area (Å²) in [6.07, 6.45) is 2.90. The van der Waals surface area contributed by atoms with E-state index in [0.717, 1.165) is 5.56 Å². The second-order valence-corrected chi connectivity index (χ2v) is 9.49. The monoisotopic (exact) mass is 399 g/mol. The molecule has 1 aromatic rings. The van der Waals surface area contributed by atoms with Crippen LogP contribution in [0.25, 0.3) is 0 Å². The van der Waals surface area contributed by atoms with E-state index in [2.05, 4.69) is 4.72 Å². The van der Waals surface area contributed by atoms with Crippen LogP contribution in [0.15, 0.2) is 41.4 Å². The van der Waals surface area contributed by atoms with E-state index in [9.17, 15) is 9.00 Å². The summed E-state index contributed by atoms with van der Waals surface area (Å²) in [5, 5.41) is 0.485. The number of hydrogen-bond donors (Lipinski definition) is 1. The van der Waals surface area contributed by atoms with Gasteiger partial charge in [-0.1, -0.05) is 54.9 Å². The summed E-state index contributed by atoms with van der Waals surface area (Å²) >= 11 is 6.50. The number of carbonyl (C=O) groups excluding carboxylic acids is 1. The van der Waals surface area contributed by atoms with E-state index < -0.39 is 21.7 Å². The molecule has 0 amide bonds. The van der Waals surface area contributed by atoms with Crippen molar-refractivity contribution in [1.82, 2.24) is 4.72 Å². The van der Waals surface area contributed by atoms with Gasteiger partial charge in [0.2, 0.25) is 0 Å². The second kappa shape index (κ2) is 10.9. The Balaban J connectivity index is 3.00. The first kappa shape index (κ1) is 22.9. The molecule has 4 nitrogen and oxygen atoms in total. The van der Waals surface area contributed by atoms with Gasteiger partial charge in [-0.3, -0.25) is 4.79 Å². The van der Waals surface area contributed by atoms with Crippen LogP contribution in [0.3, 0.4) is 0 Å². The second-order valence-electron chi connectivity index (χ2n) is 7.06. The Morgan fingerprint density at radius 3 is 2.38 bits per heavy atom. The lowest BCUT2D eigenvalue weighted by atomic mass is 9.98. The number of halogens is 1. The first-order valence-electron chi connectivity index (χ1n) is 8.94. The molecule has 0 heterocycles. The van der Waals surface area contributed by atoms with E-state index in [4.69, 9.17) is 16.3 Å². The summed E-state index contributed by atoms with van der Waals surface area (Å²) in [4.78, 5) is 12.4. The molecule has 0 aliphatic rings. The number of nitrogens with one attached hydrogen (secondary N) is 1. The van der Waals surface area contributed by atoms with Gasteiger partial charge < -0.3 is 4.74 Å². The molecule has 146 valence electrons. The third-order valence-electron chi connectivity index (χ3n) is 3.79. The van der Waals surface area contributed by atoms with Gasteiger partial charge in [0.25, 0.3) is 0 Å². The van der Waals surface area contributed by atoms with E-state index in [1.165, 1.54) is 0 Å². The summed E-state index contributed by atoms with van der Waals surface area (Å²) in [5.41, 5.74) is 1.03. The minimum atomic E-state index is -1.25. The van der Waals surface area contributed by atoms with Crippen molar-refractivity contribution >= 4 is 28.6 Å². The Bertz CT molecular complexity index is 626. The molecule has 0 saturated carbocycles. The summed E-state index contributed by atoms with van der Waals surface area (Å²) in [6.45, 7) is 9.76. The van der Waals surface area contributed by atoms with Crippen molar-refractivity contribution in [3.63, 3.8) is 0 Å². The minimum absolute atomic E-state index is 0.274. The third-order valence-corrected chi connectivity index (χ3v) is 5.80. The van der Waals surface area contributed by atoms with Crippen LogP contribution < -0.4 is 4.72 Å². The fourth-order valence-electron chi connectivity index (χ4n) is 2.28. The summed E-state index contributed by atoms with van der Waals surface area (Å²) < 4.78 is 20.3. The molecule has 26 heavy (non-hydrogen) atoms. The average Bonchev–Trinajstić information content (AvgIpc) is 2.58. The summed E-state index contributed by atoms with van der Waals surface area (Å²) in [5.74, 6) is -0.787. The molecule has 0 aromatic heterocycles. The number of esters is 1. The van der Waals surface area contributed by atoms with Crippen molar-refractivity contribution in [2.45, 2.75) is 58.2 Å². The number of rotatable bonds is 9. The zero-order valence-electron chi connectivity index (χ0n) is 16.3. The number of benzene rings is 1. The van der Waals surface area contributed by atoms with Crippen molar-refractivity contribution in [3.05, 3.63) is 47.0 Å². The molecular weight excluding hydrogens is 370 g/mol. The largest absolute Gasteiger partial charge is 0.466 e. The van der Waals surface area contributed by atoms with Crippen molar-refractivity contribution < 1.29 is 13.7 Å². The van der Waals surface area contributed by atoms with Crippen LogP contribution in [0.2, 0.25) is 0 Å². The molecule has 6 heteroatoms. The van der Waals surface area contributed by atoms with Crippen molar-refractivity contribution in [3.8, 4) is 0 Å². The molecule has 3 atom stereocenters. The van der Waals surface area contributed by atoms with E-state index in [1.807, 2.05) is 58.0 Å². The van der Waals surface area contributed by atoms with Gasteiger partial charge in [0, 0.05) is 5.03 Å². The Morgan fingerprint density at radius 1 is 1.27 bits per heavy atom. The zero-order valence-corrected chi connectivity index (χ0v) is 17.8. The van der Waals surface area contributed by atoms with E-state index in [1.54, 1.807) is 13.0 Å². The standard InChI is InChI=1S/C20H30ClNO3S/c1-6-18(22-26(24)20(3,4)5)17(21)14-16(19(23)25-7-2)13-15-11-9-8-10-12-15/h8-12,14,16,18,22H,6-7,13H2,1-5H3/b17-14+/t16-,18+,26?/m1/s1. The van der Waals surface area contributed by atoms with Gasteiger partial charge in [-0.2, -0.15) is 0 Å². The molecule has 0 spiro atoms. The van der Waals surface area contributed by atoms with E-state index in [-0.39, 0.29) is 12.0 Å². The maximum atomic E-state index is 12.4. The number of ether oxygens (including phenoxy) is 1. The SMILES string of the molecule is CCOC(=O)[C@@H](/C=C(/Cl)[C@H](CC)NS(=O)C(C)(C)C)Cc1ccccc1. The third kappa shape index (κ3) is 7.60. The Kier molecular flexibility index (Phi) is 9.55. The predicted molar refractivity (Wildman–Crippen MR) is 109 cm³/mol. The topological polar surface area (TPSA) is 55.4 Å². The lowest BCUT2D eigenvalue weighted by molar-refractivity contribution is -0.146. The first-order valence-corrected chi connectivity index (χ1v) is 10.5. The normalized spacial score (nSPS) is 16.0. The molecule has 0 saturated heterocycles. The summed E-state index contributed by atoms with van der Waals surface area (Å²) in [6, 6.07) is 9.47. The van der Waals surface area contributed by atoms with E-state index in [0.29, 0.717) is 24.5 Å². The van der Waals surface area contributed by atoms with Crippen LogP contribution in [-0.4, -0.2) is 27.6 Å². The lowest BCUT2D eigenvalue weighted by Crippen LogP contribution is -2.40. The van der Waals surface area contributed by atoms with Crippen LogP contribution in [0.4, 0.5) is 0 Å². The van der Waals surface area contributed by atoms with Gasteiger partial charge in [-0.15, -0.1) is 0 Å². The van der Waals surface area contributed by atoms with Crippen molar-refractivity contribution in [1.29, 1.82) is 0 Å². The number of hydrogen-bond acceptors (Lipinski definition) is 3. The van der Waals surface area contributed by atoms with Crippen molar-refractivity contribution in [2.24, 2.45) is 5.92 Å². The maximum Gasteiger partial charge on any atom is 0.313 e. The zero-order chi connectivity index (χ0) is 19.7. The van der Waals surface area contributed by atoms with E-state index >= 15 is 0 Å². The van der Waals surface area contributed by atoms with Crippen LogP contribution in [0.5, 0.6) is 0 Å². The molecular formula is C20H30ClNO3S. The van der Waals surface area contributed by atoms with Gasteiger partial charge in [0.1, 0.15) is 0 Å². The molecule has 1 aromatic carbocycles. The Morgan fingerprint density at radius 2 is 1.88 bits per heavy atom. The molecule has 0 aliphatic heterocycles. The number of carbonyl (C=O) groups is 1. The maximum absolute atomic E-state index is 12.4. The highest BCUT2D eigenvalue weighted by atomic mass is 35.5. The molecule has 0 aliphatic carbocycles. The minimum Gasteiger partial charge on any atom is -0.466 e. The first-order chi connectivity index (χ1) is 12.2. The van der Waals surface area contributed by atoms with Gasteiger partial charge in [0.15, 0.2) is 0 Å². The highest BCUT2D eigenvalue weighted by molar-refractivity contribution is 7.84. The summed E-state index contributed by atoms with van der Waals surface area (Å²) in [7, 11) is -1.25. The fourth-order valence-corrected chi connectivity index (χ4v) is 3.61. The van der Waals surface area contributed by atoms with Crippen LogP contribution in [-0.2, 0) is 26.9 Å². The van der Waals surface area contributed by atoms with Gasteiger partial charge in [-0.25, -0.2) is 8.93 Å². The Hall–Kier alpha value is -1.17.